The molecule has 2 amide bonds. The van der Waals surface area contributed by atoms with E-state index < -0.39 is 0 Å². The average Bonchev–Trinajstić information content (AvgIpc) is 2.75. The van der Waals surface area contributed by atoms with E-state index in [9.17, 15) is 14.4 Å². The zero-order valence-corrected chi connectivity index (χ0v) is 19.2. The van der Waals surface area contributed by atoms with Crippen LogP contribution in [-0.2, 0) is 22.6 Å². The normalized spacial score (nSPS) is 11.0. The maximum Gasteiger partial charge on any atom is 0.273 e. The number of hydrogen-bond acceptors (Lipinski definition) is 4. The van der Waals surface area contributed by atoms with E-state index in [0.717, 1.165) is 5.56 Å². The molecule has 32 heavy (non-hydrogen) atoms. The summed E-state index contributed by atoms with van der Waals surface area (Å²) in [6.07, 6.45) is 0.351. The van der Waals surface area contributed by atoms with Crippen LogP contribution in [0.5, 0.6) is 0 Å². The van der Waals surface area contributed by atoms with Crippen molar-refractivity contribution in [2.24, 2.45) is 5.92 Å². The lowest BCUT2D eigenvalue weighted by atomic mass is 10.2. The summed E-state index contributed by atoms with van der Waals surface area (Å²) in [5.74, 6) is -0.144. The quantitative estimate of drug-likeness (QED) is 0.542. The van der Waals surface area contributed by atoms with Crippen molar-refractivity contribution in [1.29, 1.82) is 0 Å². The zero-order chi connectivity index (χ0) is 23.3. The number of carbonyl (C=O) groups is 2. The number of fused-ring (bicyclic) bond motifs is 1. The van der Waals surface area contributed by atoms with Gasteiger partial charge < -0.3 is 10.6 Å². The van der Waals surface area contributed by atoms with Crippen LogP contribution in [0.25, 0.3) is 11.0 Å². The number of amides is 2. The highest BCUT2D eigenvalue weighted by molar-refractivity contribution is 6.31. The van der Waals surface area contributed by atoms with Gasteiger partial charge in [0.1, 0.15) is 12.2 Å². The smallest absolute Gasteiger partial charge is 0.273 e. The first-order valence-electron chi connectivity index (χ1n) is 10.6. The molecule has 8 heteroatoms. The third kappa shape index (κ3) is 5.95. The Morgan fingerprint density at radius 1 is 1.12 bits per heavy atom. The van der Waals surface area contributed by atoms with Gasteiger partial charge in [-0.15, -0.1) is 0 Å². The van der Waals surface area contributed by atoms with Gasteiger partial charge in [-0.25, -0.2) is 4.98 Å². The summed E-state index contributed by atoms with van der Waals surface area (Å²) >= 11 is 6.13. The second-order valence-corrected chi connectivity index (χ2v) is 8.56. The van der Waals surface area contributed by atoms with Crippen LogP contribution in [0.15, 0.2) is 47.3 Å². The molecule has 2 N–H and O–H groups in total. The van der Waals surface area contributed by atoms with Crippen LogP contribution in [0.2, 0.25) is 5.02 Å². The number of aromatic nitrogens is 2. The maximum absolute atomic E-state index is 13.1. The molecule has 3 aromatic rings. The molecular weight excluding hydrogens is 428 g/mol. The predicted molar refractivity (Wildman–Crippen MR) is 127 cm³/mol. The third-order valence-corrected chi connectivity index (χ3v) is 5.38. The van der Waals surface area contributed by atoms with Gasteiger partial charge in [0.15, 0.2) is 0 Å². The van der Waals surface area contributed by atoms with Crippen LogP contribution in [-0.4, -0.2) is 27.9 Å². The molecule has 168 valence electrons. The van der Waals surface area contributed by atoms with E-state index in [-0.39, 0.29) is 42.5 Å². The highest BCUT2D eigenvalue weighted by atomic mass is 35.5. The molecule has 0 aliphatic rings. The van der Waals surface area contributed by atoms with Crippen molar-refractivity contribution in [3.05, 3.63) is 69.1 Å². The van der Waals surface area contributed by atoms with Crippen molar-refractivity contribution < 1.29 is 9.59 Å². The van der Waals surface area contributed by atoms with Crippen LogP contribution in [0.1, 0.15) is 31.5 Å². The van der Waals surface area contributed by atoms with Gasteiger partial charge in [-0.05, 0) is 42.7 Å². The van der Waals surface area contributed by atoms with Gasteiger partial charge in [-0.3, -0.25) is 19.0 Å². The molecule has 0 bridgehead atoms. The lowest BCUT2D eigenvalue weighted by Gasteiger charge is -2.13. The van der Waals surface area contributed by atoms with E-state index in [2.05, 4.69) is 15.6 Å². The second-order valence-electron chi connectivity index (χ2n) is 8.15. The molecule has 0 fully saturated rings. The van der Waals surface area contributed by atoms with Crippen molar-refractivity contribution in [3.63, 3.8) is 0 Å². The van der Waals surface area contributed by atoms with Crippen molar-refractivity contribution in [1.82, 2.24) is 14.9 Å². The summed E-state index contributed by atoms with van der Waals surface area (Å²) < 4.78 is 1.40. The van der Waals surface area contributed by atoms with E-state index in [1.54, 1.807) is 30.3 Å². The second kappa shape index (κ2) is 10.4. The molecule has 0 radical (unpaired) electrons. The van der Waals surface area contributed by atoms with Gasteiger partial charge in [0.2, 0.25) is 11.8 Å². The summed E-state index contributed by atoms with van der Waals surface area (Å²) in [4.78, 5) is 42.4. The number of anilines is 1. The number of carbonyl (C=O) groups excluding carboxylic acids is 2. The van der Waals surface area contributed by atoms with Gasteiger partial charge >= 0.3 is 0 Å². The molecule has 2 aromatic carbocycles. The first-order valence-corrected chi connectivity index (χ1v) is 10.9. The first-order chi connectivity index (χ1) is 15.2. The topological polar surface area (TPSA) is 93.1 Å². The summed E-state index contributed by atoms with van der Waals surface area (Å²) in [6, 6.07) is 12.4. The van der Waals surface area contributed by atoms with Gasteiger partial charge in [0.05, 0.1) is 11.0 Å². The maximum atomic E-state index is 13.1. The number of para-hydroxylation sites is 2. The van der Waals surface area contributed by atoms with Gasteiger partial charge in [-0.1, -0.05) is 43.6 Å². The Balaban J connectivity index is 1.82. The molecule has 0 spiro atoms. The van der Waals surface area contributed by atoms with Gasteiger partial charge in [0.25, 0.3) is 5.56 Å². The zero-order valence-electron chi connectivity index (χ0n) is 18.4. The fourth-order valence-corrected chi connectivity index (χ4v) is 3.40. The molecule has 0 saturated carbocycles. The lowest BCUT2D eigenvalue weighted by molar-refractivity contribution is -0.121. The van der Waals surface area contributed by atoms with Crippen LogP contribution in [0.4, 0.5) is 5.69 Å². The minimum Gasteiger partial charge on any atom is -0.356 e. The molecule has 3 rings (SSSR count). The molecule has 1 heterocycles. The minimum atomic E-state index is -0.377. The van der Waals surface area contributed by atoms with E-state index in [1.165, 1.54) is 4.57 Å². The molecule has 0 atom stereocenters. The fraction of sp³-hybridized carbons (Fsp3) is 0.333. The highest BCUT2D eigenvalue weighted by Crippen LogP contribution is 2.20. The van der Waals surface area contributed by atoms with Crippen LogP contribution in [0.3, 0.4) is 0 Å². The van der Waals surface area contributed by atoms with Crippen LogP contribution in [0, 0.1) is 12.8 Å². The molecular formula is C24H27ClN4O3. The Morgan fingerprint density at radius 2 is 1.88 bits per heavy atom. The number of nitrogens with zero attached hydrogens (tertiary/aromatic N) is 2. The van der Waals surface area contributed by atoms with Gasteiger partial charge in [0, 0.05) is 30.1 Å². The van der Waals surface area contributed by atoms with E-state index in [4.69, 9.17) is 11.6 Å². The number of benzene rings is 2. The predicted octanol–water partition coefficient (Wildman–Crippen LogP) is 3.70. The summed E-state index contributed by atoms with van der Waals surface area (Å²) in [6.45, 7) is 6.30. The Kier molecular flexibility index (Phi) is 7.64. The summed E-state index contributed by atoms with van der Waals surface area (Å²) in [5, 5.41) is 6.17. The Hall–Kier alpha value is -3.19. The van der Waals surface area contributed by atoms with Crippen molar-refractivity contribution in [3.8, 4) is 0 Å². The number of rotatable bonds is 8. The van der Waals surface area contributed by atoms with Crippen LogP contribution >= 0.6 is 11.6 Å². The standard InChI is InChI=1S/C24H27ClN4O3/c1-15(2)13-26-22(30)11-10-20-24(32)29(21-7-5-4-6-19(21)28-20)14-23(31)27-17-9-8-16(3)18(25)12-17/h4-9,12,15H,10-11,13-14H2,1-3H3,(H,26,30)(H,27,31). The monoisotopic (exact) mass is 454 g/mol. The number of halogens is 1. The van der Waals surface area contributed by atoms with Crippen LogP contribution < -0.4 is 16.2 Å². The number of nitrogens with one attached hydrogen (secondary N) is 2. The number of aryl methyl sites for hydroxylation is 2. The first kappa shape index (κ1) is 23.5. The van der Waals surface area contributed by atoms with E-state index >= 15 is 0 Å². The minimum absolute atomic E-state index is 0.131. The lowest BCUT2D eigenvalue weighted by Crippen LogP contribution is -2.32. The van der Waals surface area contributed by atoms with Gasteiger partial charge in [-0.2, -0.15) is 0 Å². The molecule has 1 aromatic heterocycles. The Bertz CT molecular complexity index is 1200. The molecule has 0 aliphatic heterocycles. The molecule has 0 unspecified atom stereocenters. The molecule has 0 saturated heterocycles. The third-order valence-electron chi connectivity index (χ3n) is 4.97. The van der Waals surface area contributed by atoms with E-state index in [0.29, 0.717) is 34.2 Å². The SMILES string of the molecule is Cc1ccc(NC(=O)Cn2c(=O)c(CCC(=O)NCC(C)C)nc3ccccc32)cc1Cl. The average molecular weight is 455 g/mol. The van der Waals surface area contributed by atoms with E-state index in [1.807, 2.05) is 32.9 Å². The number of hydrogen-bond donors (Lipinski definition) is 2. The molecule has 7 nitrogen and oxygen atoms in total. The van der Waals surface area contributed by atoms with Crippen molar-refractivity contribution in [2.45, 2.75) is 40.2 Å². The summed E-state index contributed by atoms with van der Waals surface area (Å²) in [7, 11) is 0. The van der Waals surface area contributed by atoms with Crippen molar-refractivity contribution >= 4 is 40.1 Å². The largest absolute Gasteiger partial charge is 0.356 e. The Labute approximate surface area is 191 Å². The summed E-state index contributed by atoms with van der Waals surface area (Å²) in [5.41, 5.74) is 2.49. The van der Waals surface area contributed by atoms with Crippen molar-refractivity contribution in [2.75, 3.05) is 11.9 Å². The molecule has 0 aliphatic carbocycles. The fourth-order valence-electron chi connectivity index (χ4n) is 3.22. The Morgan fingerprint density at radius 3 is 2.59 bits per heavy atom. The highest BCUT2D eigenvalue weighted by Gasteiger charge is 2.15.